The third kappa shape index (κ3) is 3.70. The largest absolute Gasteiger partial charge is 0.339 e. The second-order valence-corrected chi connectivity index (χ2v) is 8.33. The summed E-state index contributed by atoms with van der Waals surface area (Å²) in [4.78, 5) is 4.52. The van der Waals surface area contributed by atoms with Gasteiger partial charge < -0.3 is 4.52 Å². The summed E-state index contributed by atoms with van der Waals surface area (Å²) in [6.45, 7) is 4.24. The van der Waals surface area contributed by atoms with Crippen LogP contribution in [0.15, 0.2) is 58.2 Å². The molecule has 0 aliphatic heterocycles. The molecule has 2 aromatic heterocycles. The highest BCUT2D eigenvalue weighted by molar-refractivity contribution is 7.98. The highest BCUT2D eigenvalue weighted by Gasteiger charge is 2.29. The zero-order valence-electron chi connectivity index (χ0n) is 16.4. The summed E-state index contributed by atoms with van der Waals surface area (Å²) in [7, 11) is 0. The summed E-state index contributed by atoms with van der Waals surface area (Å²) < 4.78 is 7.48. The molecule has 29 heavy (non-hydrogen) atoms. The van der Waals surface area contributed by atoms with Crippen molar-refractivity contribution in [2.24, 2.45) is 0 Å². The van der Waals surface area contributed by atoms with Crippen LogP contribution in [0.2, 0.25) is 0 Å². The van der Waals surface area contributed by atoms with Crippen LogP contribution >= 0.6 is 11.8 Å². The Labute approximate surface area is 173 Å². The van der Waals surface area contributed by atoms with Crippen molar-refractivity contribution in [1.29, 1.82) is 0 Å². The van der Waals surface area contributed by atoms with Gasteiger partial charge in [0.2, 0.25) is 5.89 Å². The predicted molar refractivity (Wildman–Crippen MR) is 112 cm³/mol. The van der Waals surface area contributed by atoms with Crippen molar-refractivity contribution in [2.75, 3.05) is 0 Å². The lowest BCUT2D eigenvalue weighted by Gasteiger charge is -2.12. The van der Waals surface area contributed by atoms with Gasteiger partial charge >= 0.3 is 0 Å². The standard InChI is InChI=1S/C22H21N5OS/c1-14-8-11-18(12-15(14)2)27-20(16-6-4-3-5-7-16)24-25-22(27)29-13-19-23-21(28-26-19)17-9-10-17/h3-8,11-12,17H,9-10,13H2,1-2H3. The maximum Gasteiger partial charge on any atom is 0.229 e. The zero-order chi connectivity index (χ0) is 19.8. The molecule has 2 aromatic carbocycles. The van der Waals surface area contributed by atoms with Crippen LogP contribution in [-0.4, -0.2) is 24.9 Å². The molecule has 0 bridgehead atoms. The SMILES string of the molecule is Cc1ccc(-n2c(SCc3noc(C4CC4)n3)nnc2-c2ccccc2)cc1C. The van der Waals surface area contributed by atoms with Crippen LogP contribution in [0.5, 0.6) is 0 Å². The highest BCUT2D eigenvalue weighted by atomic mass is 32.2. The molecule has 1 aliphatic carbocycles. The number of hydrogen-bond acceptors (Lipinski definition) is 6. The van der Waals surface area contributed by atoms with Gasteiger partial charge in [-0.1, -0.05) is 53.3 Å². The lowest BCUT2D eigenvalue weighted by Crippen LogP contribution is -2.01. The Morgan fingerprint density at radius 2 is 1.86 bits per heavy atom. The molecule has 0 atom stereocenters. The Morgan fingerprint density at radius 1 is 1.03 bits per heavy atom. The van der Waals surface area contributed by atoms with Crippen LogP contribution in [0, 0.1) is 13.8 Å². The first kappa shape index (κ1) is 18.1. The molecule has 0 saturated heterocycles. The van der Waals surface area contributed by atoms with Crippen molar-refractivity contribution in [1.82, 2.24) is 24.9 Å². The number of thioether (sulfide) groups is 1. The topological polar surface area (TPSA) is 69.6 Å². The van der Waals surface area contributed by atoms with Gasteiger partial charge in [0.25, 0.3) is 0 Å². The molecule has 4 aromatic rings. The van der Waals surface area contributed by atoms with E-state index in [9.17, 15) is 0 Å². The van der Waals surface area contributed by atoms with E-state index in [-0.39, 0.29) is 0 Å². The summed E-state index contributed by atoms with van der Waals surface area (Å²) in [6.07, 6.45) is 2.30. The Balaban J connectivity index is 1.50. The van der Waals surface area contributed by atoms with E-state index in [0.29, 0.717) is 17.5 Å². The van der Waals surface area contributed by atoms with Crippen LogP contribution in [0.25, 0.3) is 17.1 Å². The van der Waals surface area contributed by atoms with Gasteiger partial charge in [0, 0.05) is 11.5 Å². The van der Waals surface area contributed by atoms with Crippen LogP contribution in [0.3, 0.4) is 0 Å². The van der Waals surface area contributed by atoms with Crippen molar-refractivity contribution >= 4 is 11.8 Å². The van der Waals surface area contributed by atoms with Crippen molar-refractivity contribution in [3.63, 3.8) is 0 Å². The minimum Gasteiger partial charge on any atom is -0.339 e. The first-order valence-corrected chi connectivity index (χ1v) is 10.7. The fraction of sp³-hybridized carbons (Fsp3) is 0.273. The molecule has 6 nitrogen and oxygen atoms in total. The van der Waals surface area contributed by atoms with Gasteiger partial charge in [-0.15, -0.1) is 10.2 Å². The van der Waals surface area contributed by atoms with E-state index < -0.39 is 0 Å². The third-order valence-corrected chi connectivity index (χ3v) is 6.08. The number of rotatable bonds is 6. The van der Waals surface area contributed by atoms with Gasteiger partial charge in [-0.2, -0.15) is 4.98 Å². The first-order valence-electron chi connectivity index (χ1n) is 9.73. The van der Waals surface area contributed by atoms with Gasteiger partial charge in [-0.25, -0.2) is 0 Å². The van der Waals surface area contributed by atoms with Gasteiger partial charge in [0.1, 0.15) is 0 Å². The molecule has 2 heterocycles. The average molecular weight is 404 g/mol. The maximum absolute atomic E-state index is 5.38. The average Bonchev–Trinajstić information content (AvgIpc) is 3.33. The second-order valence-electron chi connectivity index (χ2n) is 7.39. The maximum atomic E-state index is 5.38. The van der Waals surface area contributed by atoms with E-state index in [2.05, 4.69) is 69.1 Å². The Kier molecular flexibility index (Phi) is 4.67. The quantitative estimate of drug-likeness (QED) is 0.417. The summed E-state index contributed by atoms with van der Waals surface area (Å²) in [5.74, 6) is 3.34. The third-order valence-electron chi connectivity index (χ3n) is 5.15. The fourth-order valence-corrected chi connectivity index (χ4v) is 3.98. The van der Waals surface area contributed by atoms with Crippen LogP contribution in [0.4, 0.5) is 0 Å². The lowest BCUT2D eigenvalue weighted by molar-refractivity contribution is 0.375. The molecule has 0 amide bonds. The molecule has 7 heteroatoms. The second kappa shape index (κ2) is 7.48. The zero-order valence-corrected chi connectivity index (χ0v) is 17.2. The first-order chi connectivity index (χ1) is 14.2. The monoisotopic (exact) mass is 403 g/mol. The van der Waals surface area contributed by atoms with Crippen molar-refractivity contribution < 1.29 is 4.52 Å². The summed E-state index contributed by atoms with van der Waals surface area (Å²) in [6, 6.07) is 16.6. The molecule has 5 rings (SSSR count). The molecule has 146 valence electrons. The van der Waals surface area contributed by atoms with Gasteiger partial charge in [0.05, 0.1) is 11.4 Å². The number of benzene rings is 2. The molecule has 0 unspecified atom stereocenters. The molecular weight excluding hydrogens is 382 g/mol. The normalized spacial score (nSPS) is 13.7. The molecular formula is C22H21N5OS. The Bertz CT molecular complexity index is 1150. The Hall–Kier alpha value is -2.93. The van der Waals surface area contributed by atoms with E-state index in [1.807, 2.05) is 18.2 Å². The van der Waals surface area contributed by atoms with Gasteiger partial charge in [0.15, 0.2) is 16.8 Å². The van der Waals surface area contributed by atoms with E-state index >= 15 is 0 Å². The number of aromatic nitrogens is 5. The van der Waals surface area contributed by atoms with E-state index in [1.165, 1.54) is 11.1 Å². The number of nitrogens with zero attached hydrogens (tertiary/aromatic N) is 5. The van der Waals surface area contributed by atoms with E-state index in [0.717, 1.165) is 41.0 Å². The molecule has 1 saturated carbocycles. The molecule has 0 N–H and O–H groups in total. The minimum atomic E-state index is 0.463. The smallest absolute Gasteiger partial charge is 0.229 e. The number of hydrogen-bond donors (Lipinski definition) is 0. The van der Waals surface area contributed by atoms with Crippen LogP contribution in [-0.2, 0) is 5.75 Å². The van der Waals surface area contributed by atoms with Crippen LogP contribution in [0.1, 0.15) is 41.6 Å². The summed E-state index contributed by atoms with van der Waals surface area (Å²) in [5.41, 5.74) is 4.57. The molecule has 0 spiro atoms. The van der Waals surface area contributed by atoms with Gasteiger partial charge in [-0.3, -0.25) is 4.57 Å². The predicted octanol–water partition coefficient (Wildman–Crippen LogP) is 5.10. The highest BCUT2D eigenvalue weighted by Crippen LogP contribution is 2.39. The summed E-state index contributed by atoms with van der Waals surface area (Å²) in [5, 5.41) is 13.9. The van der Waals surface area contributed by atoms with Crippen molar-refractivity contribution in [3.05, 3.63) is 71.4 Å². The van der Waals surface area contributed by atoms with E-state index in [1.54, 1.807) is 11.8 Å². The molecule has 1 fully saturated rings. The minimum absolute atomic E-state index is 0.463. The number of aryl methyl sites for hydroxylation is 2. The van der Waals surface area contributed by atoms with E-state index in [4.69, 9.17) is 4.52 Å². The lowest BCUT2D eigenvalue weighted by atomic mass is 10.1. The van der Waals surface area contributed by atoms with Crippen molar-refractivity contribution in [2.45, 2.75) is 43.5 Å². The van der Waals surface area contributed by atoms with Crippen molar-refractivity contribution in [3.8, 4) is 17.1 Å². The van der Waals surface area contributed by atoms with Crippen LogP contribution < -0.4 is 0 Å². The Morgan fingerprint density at radius 3 is 2.62 bits per heavy atom. The fourth-order valence-electron chi connectivity index (χ4n) is 3.19. The molecule has 0 radical (unpaired) electrons. The molecule has 1 aliphatic rings. The van der Waals surface area contributed by atoms with Gasteiger partial charge in [-0.05, 0) is 49.9 Å². The summed E-state index contributed by atoms with van der Waals surface area (Å²) >= 11 is 1.57.